The van der Waals surface area contributed by atoms with E-state index in [4.69, 9.17) is 5.73 Å². The summed E-state index contributed by atoms with van der Waals surface area (Å²) in [5, 5.41) is 11.3. The Balaban J connectivity index is 2.39. The zero-order chi connectivity index (χ0) is 9.97. The summed E-state index contributed by atoms with van der Waals surface area (Å²) in [6, 6.07) is 5.94. The number of halogens is 1. The molecule has 72 valence electrons. The monoisotopic (exact) mass is 193 g/mol. The molecule has 1 aromatic heterocycles. The lowest BCUT2D eigenvalue weighted by Gasteiger charge is -1.96. The Labute approximate surface area is 79.3 Å². The highest BCUT2D eigenvalue weighted by atomic mass is 19.1. The Morgan fingerprint density at radius 3 is 2.93 bits per heavy atom. The molecule has 0 amide bonds. The Kier molecular flexibility index (Phi) is 2.19. The van der Waals surface area contributed by atoms with Gasteiger partial charge in [-0.1, -0.05) is 6.07 Å². The third-order valence-corrected chi connectivity index (χ3v) is 1.68. The van der Waals surface area contributed by atoms with E-state index in [9.17, 15) is 4.39 Å². The van der Waals surface area contributed by atoms with Crippen molar-refractivity contribution in [2.75, 3.05) is 0 Å². The highest BCUT2D eigenvalue weighted by Crippen LogP contribution is 2.06. The molecular weight excluding hydrogens is 185 g/mol. The molecule has 0 saturated heterocycles. The zero-order valence-electron chi connectivity index (χ0n) is 7.26. The Bertz CT molecular complexity index is 439. The molecule has 2 aromatic rings. The standard InChI is InChI=1S/C8H8FN5/c9-6-2-1-3-7(4-6)14-12-8(5-10)11-13-14/h1-4H,5,10H2. The van der Waals surface area contributed by atoms with Gasteiger partial charge in [0.15, 0.2) is 5.82 Å². The lowest BCUT2D eigenvalue weighted by atomic mass is 10.3. The van der Waals surface area contributed by atoms with Gasteiger partial charge in [0.1, 0.15) is 5.82 Å². The highest BCUT2D eigenvalue weighted by molar-refractivity contribution is 5.28. The SMILES string of the molecule is NCc1nnn(-c2cccc(F)c2)n1. The van der Waals surface area contributed by atoms with Crippen LogP contribution in [0.1, 0.15) is 5.82 Å². The first-order valence-corrected chi connectivity index (χ1v) is 4.04. The molecule has 0 spiro atoms. The minimum absolute atomic E-state index is 0.218. The molecule has 0 radical (unpaired) electrons. The lowest BCUT2D eigenvalue weighted by Crippen LogP contribution is -2.02. The molecule has 0 atom stereocenters. The van der Waals surface area contributed by atoms with Gasteiger partial charge in [-0.3, -0.25) is 0 Å². The van der Waals surface area contributed by atoms with Gasteiger partial charge >= 0.3 is 0 Å². The molecule has 2 rings (SSSR count). The number of hydrogen-bond donors (Lipinski definition) is 1. The summed E-state index contributed by atoms with van der Waals surface area (Å²) in [4.78, 5) is 1.24. The van der Waals surface area contributed by atoms with Crippen LogP contribution in [0.15, 0.2) is 24.3 Å². The molecule has 0 bridgehead atoms. The van der Waals surface area contributed by atoms with Crippen molar-refractivity contribution < 1.29 is 4.39 Å². The molecule has 1 aromatic carbocycles. The fourth-order valence-corrected chi connectivity index (χ4v) is 1.03. The number of rotatable bonds is 2. The van der Waals surface area contributed by atoms with E-state index in [1.165, 1.54) is 16.9 Å². The van der Waals surface area contributed by atoms with Crippen molar-refractivity contribution in [1.29, 1.82) is 0 Å². The smallest absolute Gasteiger partial charge is 0.188 e. The summed E-state index contributed by atoms with van der Waals surface area (Å²) < 4.78 is 12.8. The molecule has 2 N–H and O–H groups in total. The first kappa shape index (κ1) is 8.76. The van der Waals surface area contributed by atoms with E-state index >= 15 is 0 Å². The first-order chi connectivity index (χ1) is 6.79. The summed E-state index contributed by atoms with van der Waals surface area (Å²) in [7, 11) is 0. The minimum atomic E-state index is -0.339. The first-order valence-electron chi connectivity index (χ1n) is 4.04. The molecule has 5 nitrogen and oxygen atoms in total. The second-order valence-corrected chi connectivity index (χ2v) is 2.68. The second kappa shape index (κ2) is 3.51. The predicted molar refractivity (Wildman–Crippen MR) is 47.0 cm³/mol. The van der Waals surface area contributed by atoms with E-state index in [-0.39, 0.29) is 12.4 Å². The summed E-state index contributed by atoms with van der Waals surface area (Å²) in [6.45, 7) is 0.218. The van der Waals surface area contributed by atoms with E-state index in [1.807, 2.05) is 0 Å². The summed E-state index contributed by atoms with van der Waals surface area (Å²) in [6.07, 6.45) is 0. The number of aromatic nitrogens is 4. The number of tetrazole rings is 1. The van der Waals surface area contributed by atoms with Gasteiger partial charge in [0.05, 0.1) is 12.2 Å². The zero-order valence-corrected chi connectivity index (χ0v) is 7.26. The number of nitrogens with two attached hydrogens (primary N) is 1. The maximum atomic E-state index is 12.8. The summed E-state index contributed by atoms with van der Waals surface area (Å²) in [5.74, 6) is 0.0864. The van der Waals surface area contributed by atoms with E-state index in [0.717, 1.165) is 0 Å². The molecule has 0 fully saturated rings. The minimum Gasteiger partial charge on any atom is -0.324 e. The highest BCUT2D eigenvalue weighted by Gasteiger charge is 2.03. The number of nitrogens with zero attached hydrogens (tertiary/aromatic N) is 4. The van der Waals surface area contributed by atoms with E-state index in [0.29, 0.717) is 11.5 Å². The van der Waals surface area contributed by atoms with Crippen molar-refractivity contribution >= 4 is 0 Å². The van der Waals surface area contributed by atoms with Crippen LogP contribution in [0, 0.1) is 5.82 Å². The van der Waals surface area contributed by atoms with Gasteiger partial charge in [0, 0.05) is 6.07 Å². The van der Waals surface area contributed by atoms with Crippen LogP contribution < -0.4 is 5.73 Å². The van der Waals surface area contributed by atoms with E-state index in [1.54, 1.807) is 12.1 Å². The molecular formula is C8H8FN5. The van der Waals surface area contributed by atoms with Crippen molar-refractivity contribution in [3.8, 4) is 5.69 Å². The largest absolute Gasteiger partial charge is 0.324 e. The van der Waals surface area contributed by atoms with Crippen molar-refractivity contribution in [2.24, 2.45) is 5.73 Å². The van der Waals surface area contributed by atoms with Crippen molar-refractivity contribution in [1.82, 2.24) is 20.2 Å². The quantitative estimate of drug-likeness (QED) is 0.742. The molecule has 0 aliphatic rings. The van der Waals surface area contributed by atoms with Crippen molar-refractivity contribution in [3.05, 3.63) is 35.9 Å². The normalized spacial score (nSPS) is 10.4. The summed E-state index contributed by atoms with van der Waals surface area (Å²) in [5.41, 5.74) is 5.84. The van der Waals surface area contributed by atoms with Crippen LogP contribution in [0.3, 0.4) is 0 Å². The topological polar surface area (TPSA) is 69.6 Å². The average Bonchev–Trinajstić information content (AvgIpc) is 2.66. The molecule has 0 unspecified atom stereocenters. The third kappa shape index (κ3) is 1.60. The van der Waals surface area contributed by atoms with E-state index < -0.39 is 0 Å². The maximum Gasteiger partial charge on any atom is 0.188 e. The number of benzene rings is 1. The summed E-state index contributed by atoms with van der Waals surface area (Å²) >= 11 is 0. The maximum absolute atomic E-state index is 12.8. The lowest BCUT2D eigenvalue weighted by molar-refractivity contribution is 0.621. The molecule has 0 aliphatic heterocycles. The van der Waals surface area contributed by atoms with Gasteiger partial charge < -0.3 is 5.73 Å². The van der Waals surface area contributed by atoms with Gasteiger partial charge in [0.25, 0.3) is 0 Å². The van der Waals surface area contributed by atoms with Crippen LogP contribution in [0.5, 0.6) is 0 Å². The Morgan fingerprint density at radius 1 is 1.43 bits per heavy atom. The molecule has 14 heavy (non-hydrogen) atoms. The van der Waals surface area contributed by atoms with Crippen LogP contribution in [0.4, 0.5) is 4.39 Å². The Hall–Kier alpha value is -1.82. The molecule has 0 saturated carbocycles. The van der Waals surface area contributed by atoms with Crippen LogP contribution in [-0.2, 0) is 6.54 Å². The van der Waals surface area contributed by atoms with Gasteiger partial charge in [-0.15, -0.1) is 15.0 Å². The predicted octanol–water partition coefficient (Wildman–Crippen LogP) is 0.260. The van der Waals surface area contributed by atoms with Gasteiger partial charge in [-0.05, 0) is 17.3 Å². The van der Waals surface area contributed by atoms with E-state index in [2.05, 4.69) is 15.4 Å². The fourth-order valence-electron chi connectivity index (χ4n) is 1.03. The average molecular weight is 193 g/mol. The van der Waals surface area contributed by atoms with Gasteiger partial charge in [-0.25, -0.2) is 4.39 Å². The van der Waals surface area contributed by atoms with Crippen LogP contribution >= 0.6 is 0 Å². The third-order valence-electron chi connectivity index (χ3n) is 1.68. The Morgan fingerprint density at radius 2 is 2.29 bits per heavy atom. The van der Waals surface area contributed by atoms with Crippen LogP contribution in [-0.4, -0.2) is 20.2 Å². The molecule has 0 aliphatic carbocycles. The molecule has 6 heteroatoms. The van der Waals surface area contributed by atoms with Crippen molar-refractivity contribution in [2.45, 2.75) is 6.54 Å². The number of hydrogen-bond acceptors (Lipinski definition) is 4. The van der Waals surface area contributed by atoms with Gasteiger partial charge in [0.2, 0.25) is 0 Å². The molecule has 1 heterocycles. The fraction of sp³-hybridized carbons (Fsp3) is 0.125. The van der Waals surface area contributed by atoms with Crippen LogP contribution in [0.2, 0.25) is 0 Å². The van der Waals surface area contributed by atoms with Crippen molar-refractivity contribution in [3.63, 3.8) is 0 Å². The van der Waals surface area contributed by atoms with Crippen LogP contribution in [0.25, 0.3) is 5.69 Å². The second-order valence-electron chi connectivity index (χ2n) is 2.68. The van der Waals surface area contributed by atoms with Gasteiger partial charge in [-0.2, -0.15) is 0 Å².